The van der Waals surface area contributed by atoms with Crippen molar-refractivity contribution in [2.24, 2.45) is 5.92 Å². The fourth-order valence-electron chi connectivity index (χ4n) is 3.80. The molecule has 0 aromatic heterocycles. The Morgan fingerprint density at radius 2 is 1.86 bits per heavy atom. The van der Waals surface area contributed by atoms with Crippen LogP contribution in [0.15, 0.2) is 24.3 Å². The third-order valence-electron chi connectivity index (χ3n) is 4.95. The zero-order chi connectivity index (χ0) is 14.7. The van der Waals surface area contributed by atoms with E-state index in [1.165, 1.54) is 38.6 Å². The molecule has 4 nitrogen and oxygen atoms in total. The van der Waals surface area contributed by atoms with Gasteiger partial charge in [-0.25, -0.2) is 0 Å². The van der Waals surface area contributed by atoms with Gasteiger partial charge in [0.1, 0.15) is 12.4 Å². The van der Waals surface area contributed by atoms with Crippen molar-refractivity contribution in [2.45, 2.75) is 38.1 Å². The second kappa shape index (κ2) is 6.82. The number of ether oxygens (including phenoxy) is 1. The minimum absolute atomic E-state index is 0.493. The molecule has 2 fully saturated rings. The molecule has 2 aliphatic rings. The third-order valence-corrected chi connectivity index (χ3v) is 4.95. The predicted octanol–water partition coefficient (Wildman–Crippen LogP) is 1.01. The van der Waals surface area contributed by atoms with Gasteiger partial charge in [0.05, 0.1) is 0 Å². The average Bonchev–Trinajstić information content (AvgIpc) is 2.91. The highest BCUT2D eigenvalue weighted by Gasteiger charge is 2.35. The second-order valence-corrected chi connectivity index (χ2v) is 6.23. The van der Waals surface area contributed by atoms with Crippen LogP contribution < -0.4 is 10.2 Å². The van der Waals surface area contributed by atoms with E-state index in [9.17, 15) is 0 Å². The van der Waals surface area contributed by atoms with Crippen LogP contribution in [-0.2, 0) is 0 Å². The van der Waals surface area contributed by atoms with Gasteiger partial charge < -0.3 is 14.8 Å². The van der Waals surface area contributed by atoms with E-state index in [4.69, 9.17) is 14.8 Å². The number of rotatable bonds is 5. The lowest BCUT2D eigenvalue weighted by atomic mass is 9.80. The van der Waals surface area contributed by atoms with Crippen molar-refractivity contribution in [1.29, 1.82) is 0 Å². The molecular formula is C16H24BNO3. The summed E-state index contributed by atoms with van der Waals surface area (Å²) in [4.78, 5) is 2.59. The van der Waals surface area contributed by atoms with E-state index in [-0.39, 0.29) is 0 Å². The molecule has 0 radical (unpaired) electrons. The molecule has 1 aliphatic heterocycles. The normalized spacial score (nSPS) is 25.6. The summed E-state index contributed by atoms with van der Waals surface area (Å²) in [6, 6.07) is 7.75. The average molecular weight is 289 g/mol. The first kappa shape index (κ1) is 14.9. The van der Waals surface area contributed by atoms with Crippen LogP contribution in [0.3, 0.4) is 0 Å². The molecule has 2 N–H and O–H groups in total. The summed E-state index contributed by atoms with van der Waals surface area (Å²) < 4.78 is 5.78. The molecule has 5 heteroatoms. The monoisotopic (exact) mass is 289 g/mol. The molecule has 1 aromatic carbocycles. The summed E-state index contributed by atoms with van der Waals surface area (Å²) in [5, 5.41) is 18.1. The smallest absolute Gasteiger partial charge is 0.488 e. The summed E-state index contributed by atoms with van der Waals surface area (Å²) in [7, 11) is -1.41. The Balaban J connectivity index is 1.45. The van der Waals surface area contributed by atoms with Crippen molar-refractivity contribution in [1.82, 2.24) is 4.90 Å². The molecule has 2 atom stereocenters. The van der Waals surface area contributed by atoms with Gasteiger partial charge in [-0.2, -0.15) is 0 Å². The number of hydrogen-bond acceptors (Lipinski definition) is 4. The van der Waals surface area contributed by atoms with Crippen molar-refractivity contribution in [3.63, 3.8) is 0 Å². The van der Waals surface area contributed by atoms with Gasteiger partial charge in [0, 0.05) is 12.6 Å². The Bertz CT molecular complexity index is 451. The van der Waals surface area contributed by atoms with Crippen LogP contribution in [0.5, 0.6) is 5.75 Å². The van der Waals surface area contributed by atoms with Gasteiger partial charge >= 0.3 is 7.12 Å². The summed E-state index contributed by atoms with van der Waals surface area (Å²) in [6.07, 6.45) is 6.91. The SMILES string of the molecule is OB(O)c1ccc(OCCN2CCC3CCCCC32)cc1. The topological polar surface area (TPSA) is 52.9 Å². The van der Waals surface area contributed by atoms with Gasteiger partial charge in [0.2, 0.25) is 0 Å². The molecule has 0 bridgehead atoms. The van der Waals surface area contributed by atoms with Crippen LogP contribution in [0.4, 0.5) is 0 Å². The maximum Gasteiger partial charge on any atom is 0.488 e. The highest BCUT2D eigenvalue weighted by Crippen LogP contribution is 2.35. The molecular weight excluding hydrogens is 265 g/mol. The molecule has 3 rings (SSSR count). The van der Waals surface area contributed by atoms with Gasteiger partial charge in [-0.05, 0) is 49.3 Å². The van der Waals surface area contributed by atoms with Gasteiger partial charge in [-0.1, -0.05) is 25.0 Å². The Morgan fingerprint density at radius 1 is 1.10 bits per heavy atom. The van der Waals surface area contributed by atoms with E-state index < -0.39 is 7.12 Å². The highest BCUT2D eigenvalue weighted by atomic mass is 16.5. The van der Waals surface area contributed by atoms with Crippen LogP contribution in [0.25, 0.3) is 0 Å². The van der Waals surface area contributed by atoms with Gasteiger partial charge in [0.15, 0.2) is 0 Å². The predicted molar refractivity (Wildman–Crippen MR) is 83.7 cm³/mol. The van der Waals surface area contributed by atoms with Crippen molar-refractivity contribution in [2.75, 3.05) is 19.7 Å². The van der Waals surface area contributed by atoms with Crippen LogP contribution in [0, 0.1) is 5.92 Å². The highest BCUT2D eigenvalue weighted by molar-refractivity contribution is 6.58. The largest absolute Gasteiger partial charge is 0.492 e. The molecule has 2 unspecified atom stereocenters. The van der Waals surface area contributed by atoms with Crippen LogP contribution in [0.2, 0.25) is 0 Å². The molecule has 114 valence electrons. The lowest BCUT2D eigenvalue weighted by Crippen LogP contribution is -2.37. The molecule has 1 saturated carbocycles. The van der Waals surface area contributed by atoms with Crippen molar-refractivity contribution < 1.29 is 14.8 Å². The maximum absolute atomic E-state index is 9.05. The first-order valence-electron chi connectivity index (χ1n) is 8.07. The second-order valence-electron chi connectivity index (χ2n) is 6.23. The minimum atomic E-state index is -1.41. The standard InChI is InChI=1S/C16H24BNO3/c19-17(20)14-5-7-15(8-6-14)21-12-11-18-10-9-13-3-1-2-4-16(13)18/h5-8,13,16,19-20H,1-4,9-12H2. The van der Waals surface area contributed by atoms with Crippen LogP contribution >= 0.6 is 0 Å². The number of likely N-dealkylation sites (tertiary alicyclic amines) is 1. The number of hydrogen-bond donors (Lipinski definition) is 2. The van der Waals surface area contributed by atoms with Crippen LogP contribution in [0.1, 0.15) is 32.1 Å². The molecule has 0 amide bonds. The fraction of sp³-hybridized carbons (Fsp3) is 0.625. The summed E-state index contributed by atoms with van der Waals surface area (Å²) >= 11 is 0. The van der Waals surface area contributed by atoms with E-state index in [2.05, 4.69) is 4.90 Å². The van der Waals surface area contributed by atoms with Crippen molar-refractivity contribution in [3.05, 3.63) is 24.3 Å². The summed E-state index contributed by atoms with van der Waals surface area (Å²) in [5.41, 5.74) is 0.493. The van der Waals surface area contributed by atoms with Gasteiger partial charge in [-0.3, -0.25) is 4.90 Å². The first-order chi connectivity index (χ1) is 10.2. The summed E-state index contributed by atoms with van der Waals surface area (Å²) in [6.45, 7) is 2.91. The zero-order valence-corrected chi connectivity index (χ0v) is 12.4. The van der Waals surface area contributed by atoms with E-state index in [0.717, 1.165) is 24.3 Å². The molecule has 1 aliphatic carbocycles. The Morgan fingerprint density at radius 3 is 2.62 bits per heavy atom. The van der Waals surface area contributed by atoms with E-state index >= 15 is 0 Å². The lowest BCUT2D eigenvalue weighted by molar-refractivity contribution is 0.154. The molecule has 21 heavy (non-hydrogen) atoms. The van der Waals surface area contributed by atoms with Gasteiger partial charge in [-0.15, -0.1) is 0 Å². The minimum Gasteiger partial charge on any atom is -0.492 e. The summed E-state index contributed by atoms with van der Waals surface area (Å²) in [5.74, 6) is 1.71. The molecule has 1 heterocycles. The number of nitrogens with zero attached hydrogens (tertiary/aromatic N) is 1. The van der Waals surface area contributed by atoms with Crippen molar-refractivity contribution in [3.8, 4) is 5.75 Å². The lowest BCUT2D eigenvalue weighted by Gasteiger charge is -2.31. The van der Waals surface area contributed by atoms with Crippen molar-refractivity contribution >= 4 is 12.6 Å². The zero-order valence-electron chi connectivity index (χ0n) is 12.4. The van der Waals surface area contributed by atoms with E-state index in [1.54, 1.807) is 24.3 Å². The van der Waals surface area contributed by atoms with Gasteiger partial charge in [0.25, 0.3) is 0 Å². The molecule has 0 spiro atoms. The van der Waals surface area contributed by atoms with E-state index in [1.807, 2.05) is 0 Å². The Kier molecular flexibility index (Phi) is 4.83. The molecule has 1 saturated heterocycles. The Hall–Kier alpha value is -1.04. The third kappa shape index (κ3) is 3.60. The number of benzene rings is 1. The maximum atomic E-state index is 9.05. The quantitative estimate of drug-likeness (QED) is 0.794. The van der Waals surface area contributed by atoms with E-state index in [0.29, 0.717) is 12.1 Å². The Labute approximate surface area is 126 Å². The first-order valence-corrected chi connectivity index (χ1v) is 8.07. The molecule has 1 aromatic rings. The fourth-order valence-corrected chi connectivity index (χ4v) is 3.80. The number of fused-ring (bicyclic) bond motifs is 1. The van der Waals surface area contributed by atoms with Crippen LogP contribution in [-0.4, -0.2) is 47.8 Å².